The first kappa shape index (κ1) is 17.1. The van der Waals surface area contributed by atoms with Crippen molar-refractivity contribution < 1.29 is 9.94 Å². The normalized spacial score (nSPS) is 11.5. The van der Waals surface area contributed by atoms with Crippen LogP contribution in [-0.4, -0.2) is 31.2 Å². The van der Waals surface area contributed by atoms with E-state index in [-0.39, 0.29) is 5.84 Å². The van der Waals surface area contributed by atoms with Gasteiger partial charge < -0.3 is 20.6 Å². The van der Waals surface area contributed by atoms with Gasteiger partial charge in [0.05, 0.1) is 12.8 Å². The third-order valence-electron chi connectivity index (χ3n) is 3.49. The van der Waals surface area contributed by atoms with Crippen LogP contribution in [0.2, 0.25) is 0 Å². The van der Waals surface area contributed by atoms with Crippen LogP contribution in [0.15, 0.2) is 23.4 Å². The lowest BCUT2D eigenvalue weighted by Gasteiger charge is -2.27. The third kappa shape index (κ3) is 4.85. The Morgan fingerprint density at radius 1 is 1.24 bits per heavy atom. The first-order valence-electron chi connectivity index (χ1n) is 7.58. The van der Waals surface area contributed by atoms with Crippen LogP contribution in [-0.2, 0) is 0 Å². The van der Waals surface area contributed by atoms with E-state index in [1.165, 1.54) is 0 Å². The summed E-state index contributed by atoms with van der Waals surface area (Å²) in [6, 6.07) is 5.63. The Hall–Kier alpha value is -1.91. The van der Waals surface area contributed by atoms with Crippen molar-refractivity contribution in [3.8, 4) is 5.75 Å². The van der Waals surface area contributed by atoms with E-state index in [0.29, 0.717) is 0 Å². The highest BCUT2D eigenvalue weighted by Gasteiger charge is 2.15. The van der Waals surface area contributed by atoms with Crippen molar-refractivity contribution in [2.75, 3.05) is 25.1 Å². The Labute approximate surface area is 127 Å². The molecule has 1 aromatic rings. The molecule has 118 valence electrons. The van der Waals surface area contributed by atoms with E-state index in [1.54, 1.807) is 7.11 Å². The minimum absolute atomic E-state index is 0.130. The number of ether oxygens (including phenoxy) is 1. The van der Waals surface area contributed by atoms with Crippen molar-refractivity contribution in [2.45, 2.75) is 39.5 Å². The second-order valence-corrected chi connectivity index (χ2v) is 5.06. The van der Waals surface area contributed by atoms with Gasteiger partial charge in [-0.2, -0.15) is 0 Å². The maximum atomic E-state index is 8.99. The van der Waals surface area contributed by atoms with Crippen molar-refractivity contribution in [1.29, 1.82) is 0 Å². The Kier molecular flexibility index (Phi) is 7.43. The van der Waals surface area contributed by atoms with E-state index < -0.39 is 0 Å². The van der Waals surface area contributed by atoms with Gasteiger partial charge in [0.1, 0.15) is 5.75 Å². The zero-order valence-electron chi connectivity index (χ0n) is 13.3. The molecule has 0 aliphatic rings. The summed E-state index contributed by atoms with van der Waals surface area (Å²) in [4.78, 5) is 2.29. The number of nitrogens with two attached hydrogens (primary N) is 1. The van der Waals surface area contributed by atoms with Gasteiger partial charge in [-0.3, -0.25) is 0 Å². The largest absolute Gasteiger partial charge is 0.497 e. The Balaban J connectivity index is 3.17. The molecule has 3 N–H and O–H groups in total. The summed E-state index contributed by atoms with van der Waals surface area (Å²) in [5.41, 5.74) is 7.52. The zero-order valence-corrected chi connectivity index (χ0v) is 13.3. The second-order valence-electron chi connectivity index (χ2n) is 5.06. The number of nitrogens with zero attached hydrogens (tertiary/aromatic N) is 2. The summed E-state index contributed by atoms with van der Waals surface area (Å²) in [6.07, 6.45) is 4.48. The molecule has 0 fully saturated rings. The van der Waals surface area contributed by atoms with Crippen LogP contribution in [0.25, 0.3) is 0 Å². The number of methoxy groups -OCH3 is 1. The van der Waals surface area contributed by atoms with Crippen LogP contribution in [0.4, 0.5) is 5.69 Å². The van der Waals surface area contributed by atoms with Crippen molar-refractivity contribution in [2.24, 2.45) is 10.9 Å². The predicted octanol–water partition coefficient (Wildman–Crippen LogP) is 3.20. The van der Waals surface area contributed by atoms with Crippen LogP contribution < -0.4 is 15.4 Å². The van der Waals surface area contributed by atoms with Gasteiger partial charge in [0, 0.05) is 24.7 Å². The van der Waals surface area contributed by atoms with Gasteiger partial charge in [-0.15, -0.1) is 0 Å². The number of rotatable bonds is 9. The monoisotopic (exact) mass is 293 g/mol. The lowest BCUT2D eigenvalue weighted by Crippen LogP contribution is -2.28. The fourth-order valence-electron chi connectivity index (χ4n) is 2.22. The molecule has 0 aromatic heterocycles. The molecule has 0 bridgehead atoms. The molecule has 21 heavy (non-hydrogen) atoms. The van der Waals surface area contributed by atoms with Crippen LogP contribution >= 0.6 is 0 Å². The van der Waals surface area contributed by atoms with Crippen molar-refractivity contribution in [1.82, 2.24) is 0 Å². The molecular formula is C16H27N3O2. The minimum atomic E-state index is 0.130. The molecule has 0 spiro atoms. The van der Waals surface area contributed by atoms with Gasteiger partial charge in [-0.25, -0.2) is 0 Å². The van der Waals surface area contributed by atoms with Crippen molar-refractivity contribution in [3.05, 3.63) is 23.8 Å². The Bertz CT molecular complexity index is 453. The minimum Gasteiger partial charge on any atom is -0.497 e. The average molecular weight is 293 g/mol. The molecule has 0 saturated carbocycles. The molecule has 0 heterocycles. The highest BCUT2D eigenvalue weighted by atomic mass is 16.5. The SMILES string of the molecule is CCCCN(CCCC)c1cc(OC)ccc1/C(N)=N/O. The first-order valence-corrected chi connectivity index (χ1v) is 7.58. The van der Waals surface area contributed by atoms with Gasteiger partial charge in [0.2, 0.25) is 0 Å². The standard InChI is InChI=1S/C16H27N3O2/c1-4-6-10-19(11-7-5-2)15-12-13(21-3)8-9-14(15)16(17)18-20/h8-9,12,20H,4-7,10-11H2,1-3H3,(H2,17,18). The number of anilines is 1. The fourth-order valence-corrected chi connectivity index (χ4v) is 2.22. The summed E-state index contributed by atoms with van der Waals surface area (Å²) >= 11 is 0. The molecular weight excluding hydrogens is 266 g/mol. The maximum Gasteiger partial charge on any atom is 0.172 e. The summed E-state index contributed by atoms with van der Waals surface area (Å²) < 4.78 is 5.31. The molecule has 0 aliphatic carbocycles. The molecule has 1 aromatic carbocycles. The lowest BCUT2D eigenvalue weighted by atomic mass is 10.1. The molecule has 0 amide bonds. The van der Waals surface area contributed by atoms with E-state index in [0.717, 1.165) is 55.8 Å². The molecule has 0 aliphatic heterocycles. The summed E-state index contributed by atoms with van der Waals surface area (Å²) in [5.74, 6) is 0.906. The van der Waals surface area contributed by atoms with Crippen molar-refractivity contribution >= 4 is 11.5 Å². The summed E-state index contributed by atoms with van der Waals surface area (Å²) in [5, 5.41) is 12.1. The Morgan fingerprint density at radius 3 is 2.33 bits per heavy atom. The maximum absolute atomic E-state index is 8.99. The lowest BCUT2D eigenvalue weighted by molar-refractivity contribution is 0.318. The molecule has 1 rings (SSSR count). The van der Waals surface area contributed by atoms with E-state index in [1.807, 2.05) is 18.2 Å². The van der Waals surface area contributed by atoms with Crippen molar-refractivity contribution in [3.63, 3.8) is 0 Å². The number of hydrogen-bond acceptors (Lipinski definition) is 4. The Morgan fingerprint density at radius 2 is 1.86 bits per heavy atom. The third-order valence-corrected chi connectivity index (χ3v) is 3.49. The second kappa shape index (κ2) is 9.10. The van der Waals surface area contributed by atoms with Gasteiger partial charge in [-0.1, -0.05) is 31.8 Å². The quantitative estimate of drug-likeness (QED) is 0.317. The number of oxime groups is 1. The number of amidine groups is 1. The highest BCUT2D eigenvalue weighted by molar-refractivity contribution is 6.02. The first-order chi connectivity index (χ1) is 10.2. The smallest absolute Gasteiger partial charge is 0.172 e. The zero-order chi connectivity index (χ0) is 15.7. The van der Waals surface area contributed by atoms with E-state index >= 15 is 0 Å². The van der Waals surface area contributed by atoms with Crippen LogP contribution in [0, 0.1) is 0 Å². The predicted molar refractivity (Wildman–Crippen MR) is 87.5 cm³/mol. The topological polar surface area (TPSA) is 71.1 Å². The number of benzene rings is 1. The van der Waals surface area contributed by atoms with E-state index in [4.69, 9.17) is 15.7 Å². The molecule has 5 nitrogen and oxygen atoms in total. The fraction of sp³-hybridized carbons (Fsp3) is 0.562. The van der Waals surface area contributed by atoms with E-state index in [2.05, 4.69) is 23.9 Å². The van der Waals surface area contributed by atoms with Gasteiger partial charge >= 0.3 is 0 Å². The number of hydrogen-bond donors (Lipinski definition) is 2. The number of unbranched alkanes of at least 4 members (excludes halogenated alkanes) is 2. The summed E-state index contributed by atoms with van der Waals surface area (Å²) in [7, 11) is 1.64. The van der Waals surface area contributed by atoms with Crippen LogP contribution in [0.3, 0.4) is 0 Å². The average Bonchev–Trinajstić information content (AvgIpc) is 2.53. The molecule has 5 heteroatoms. The molecule has 0 radical (unpaired) electrons. The van der Waals surface area contributed by atoms with Gasteiger partial charge in [0.15, 0.2) is 5.84 Å². The summed E-state index contributed by atoms with van der Waals surface area (Å²) in [6.45, 7) is 6.26. The van der Waals surface area contributed by atoms with Crippen LogP contribution in [0.1, 0.15) is 45.1 Å². The molecule has 0 atom stereocenters. The van der Waals surface area contributed by atoms with Gasteiger partial charge in [0.25, 0.3) is 0 Å². The van der Waals surface area contributed by atoms with E-state index in [9.17, 15) is 0 Å². The highest BCUT2D eigenvalue weighted by Crippen LogP contribution is 2.27. The van der Waals surface area contributed by atoms with Gasteiger partial charge in [-0.05, 0) is 25.0 Å². The molecule has 0 unspecified atom stereocenters. The molecule has 0 saturated heterocycles. The van der Waals surface area contributed by atoms with Crippen LogP contribution in [0.5, 0.6) is 5.75 Å².